The first-order valence-electron chi connectivity index (χ1n) is 9.86. The maximum Gasteiger partial charge on any atom is 0.242 e. The van der Waals surface area contributed by atoms with E-state index in [2.05, 4.69) is 12.2 Å². The number of nitrogens with one attached hydrogen (secondary N) is 1. The number of carbonyl (C=O) groups excluding carboxylic acids is 2. The van der Waals surface area contributed by atoms with Gasteiger partial charge in [-0.15, -0.1) is 0 Å². The van der Waals surface area contributed by atoms with E-state index in [1.807, 2.05) is 30.3 Å². The Morgan fingerprint density at radius 3 is 2.36 bits per heavy atom. The average Bonchev–Trinajstić information content (AvgIpc) is 2.72. The molecule has 0 aliphatic rings. The van der Waals surface area contributed by atoms with Gasteiger partial charge in [0.25, 0.3) is 0 Å². The molecule has 1 N–H and O–H groups in total. The van der Waals surface area contributed by atoms with E-state index in [1.54, 1.807) is 24.0 Å². The van der Waals surface area contributed by atoms with Crippen LogP contribution in [0.3, 0.4) is 0 Å². The SMILES string of the molecule is CCCCNC(=O)C(C)N(Cc1ccc(F)cc1)C(=O)CCc1ccccc1. The molecule has 0 saturated heterocycles. The lowest BCUT2D eigenvalue weighted by Gasteiger charge is -2.29. The van der Waals surface area contributed by atoms with Crippen LogP contribution >= 0.6 is 0 Å². The first-order chi connectivity index (χ1) is 13.5. The van der Waals surface area contributed by atoms with Crippen molar-refractivity contribution < 1.29 is 14.0 Å². The third kappa shape index (κ3) is 6.80. The van der Waals surface area contributed by atoms with E-state index in [1.165, 1.54) is 12.1 Å². The van der Waals surface area contributed by atoms with Crippen molar-refractivity contribution >= 4 is 11.8 Å². The maximum absolute atomic E-state index is 13.2. The number of amides is 2. The molecule has 0 radical (unpaired) electrons. The van der Waals surface area contributed by atoms with Crippen LogP contribution in [-0.2, 0) is 22.6 Å². The molecule has 0 aromatic heterocycles. The molecule has 0 heterocycles. The smallest absolute Gasteiger partial charge is 0.242 e. The molecule has 0 bridgehead atoms. The first-order valence-corrected chi connectivity index (χ1v) is 9.86. The quantitative estimate of drug-likeness (QED) is 0.627. The molecule has 2 rings (SSSR count). The molecule has 0 saturated carbocycles. The summed E-state index contributed by atoms with van der Waals surface area (Å²) in [6.45, 7) is 4.67. The lowest BCUT2D eigenvalue weighted by atomic mass is 10.1. The number of hydrogen-bond acceptors (Lipinski definition) is 2. The van der Waals surface area contributed by atoms with Crippen LogP contribution in [0.15, 0.2) is 54.6 Å². The topological polar surface area (TPSA) is 49.4 Å². The van der Waals surface area contributed by atoms with E-state index in [0.29, 0.717) is 19.4 Å². The highest BCUT2D eigenvalue weighted by Gasteiger charge is 2.25. The van der Waals surface area contributed by atoms with Crippen LogP contribution in [0.2, 0.25) is 0 Å². The van der Waals surface area contributed by atoms with Gasteiger partial charge in [0.05, 0.1) is 0 Å². The van der Waals surface area contributed by atoms with Crippen molar-refractivity contribution in [2.45, 2.75) is 52.1 Å². The molecule has 2 aromatic carbocycles. The minimum absolute atomic E-state index is 0.0914. The summed E-state index contributed by atoms with van der Waals surface area (Å²) in [5.74, 6) is -0.578. The molecular weight excluding hydrogens is 355 g/mol. The van der Waals surface area contributed by atoms with Gasteiger partial charge in [-0.25, -0.2) is 4.39 Å². The lowest BCUT2D eigenvalue weighted by Crippen LogP contribution is -2.47. The van der Waals surface area contributed by atoms with Gasteiger partial charge in [0.2, 0.25) is 11.8 Å². The second-order valence-corrected chi connectivity index (χ2v) is 6.95. The zero-order chi connectivity index (χ0) is 20.4. The van der Waals surface area contributed by atoms with Crippen LogP contribution in [0.25, 0.3) is 0 Å². The number of aryl methyl sites for hydroxylation is 1. The highest BCUT2D eigenvalue weighted by Crippen LogP contribution is 2.13. The van der Waals surface area contributed by atoms with Crippen molar-refractivity contribution in [2.24, 2.45) is 0 Å². The third-order valence-electron chi connectivity index (χ3n) is 4.73. The van der Waals surface area contributed by atoms with Crippen molar-refractivity contribution in [3.05, 3.63) is 71.5 Å². The minimum Gasteiger partial charge on any atom is -0.354 e. The molecule has 0 aliphatic carbocycles. The van der Waals surface area contributed by atoms with Gasteiger partial charge >= 0.3 is 0 Å². The number of rotatable bonds is 10. The number of halogens is 1. The van der Waals surface area contributed by atoms with Gasteiger partial charge in [0, 0.05) is 19.5 Å². The summed E-state index contributed by atoms with van der Waals surface area (Å²) in [5, 5.41) is 2.89. The normalized spacial score (nSPS) is 11.7. The van der Waals surface area contributed by atoms with Crippen molar-refractivity contribution in [3.8, 4) is 0 Å². The van der Waals surface area contributed by atoms with Crippen molar-refractivity contribution in [2.75, 3.05) is 6.54 Å². The zero-order valence-corrected chi connectivity index (χ0v) is 16.7. The van der Waals surface area contributed by atoms with E-state index in [-0.39, 0.29) is 24.2 Å². The summed E-state index contributed by atoms with van der Waals surface area (Å²) in [5.41, 5.74) is 1.88. The van der Waals surface area contributed by atoms with Crippen LogP contribution in [0.4, 0.5) is 4.39 Å². The predicted octanol–water partition coefficient (Wildman–Crippen LogP) is 4.09. The Bertz CT molecular complexity index is 747. The number of carbonyl (C=O) groups is 2. The van der Waals surface area contributed by atoms with Crippen molar-refractivity contribution in [1.82, 2.24) is 10.2 Å². The molecule has 150 valence electrons. The van der Waals surface area contributed by atoms with E-state index in [4.69, 9.17) is 0 Å². The van der Waals surface area contributed by atoms with E-state index in [9.17, 15) is 14.0 Å². The van der Waals surface area contributed by atoms with E-state index in [0.717, 1.165) is 24.0 Å². The van der Waals surface area contributed by atoms with Gasteiger partial charge in [-0.3, -0.25) is 9.59 Å². The van der Waals surface area contributed by atoms with Gasteiger partial charge in [0.1, 0.15) is 11.9 Å². The molecule has 28 heavy (non-hydrogen) atoms. The van der Waals surface area contributed by atoms with Crippen LogP contribution in [0.5, 0.6) is 0 Å². The molecule has 0 spiro atoms. The lowest BCUT2D eigenvalue weighted by molar-refractivity contribution is -0.140. The van der Waals surface area contributed by atoms with Crippen molar-refractivity contribution in [1.29, 1.82) is 0 Å². The van der Waals surface area contributed by atoms with Gasteiger partial charge < -0.3 is 10.2 Å². The van der Waals surface area contributed by atoms with Crippen molar-refractivity contribution in [3.63, 3.8) is 0 Å². The summed E-state index contributed by atoms with van der Waals surface area (Å²) in [6, 6.07) is 15.2. The van der Waals surface area contributed by atoms with Crippen LogP contribution in [0, 0.1) is 5.82 Å². The largest absolute Gasteiger partial charge is 0.354 e. The summed E-state index contributed by atoms with van der Waals surface area (Å²) in [7, 11) is 0. The average molecular weight is 384 g/mol. The molecule has 5 heteroatoms. The van der Waals surface area contributed by atoms with E-state index < -0.39 is 6.04 Å². The molecule has 1 atom stereocenters. The van der Waals surface area contributed by atoms with Gasteiger partial charge in [-0.05, 0) is 43.0 Å². The molecule has 0 aliphatic heterocycles. The van der Waals surface area contributed by atoms with Crippen LogP contribution in [0.1, 0.15) is 44.2 Å². The van der Waals surface area contributed by atoms with Crippen LogP contribution in [-0.4, -0.2) is 29.3 Å². The maximum atomic E-state index is 13.2. The zero-order valence-electron chi connectivity index (χ0n) is 16.7. The fourth-order valence-electron chi connectivity index (χ4n) is 2.94. The standard InChI is InChI=1S/C23H29FN2O2/c1-3-4-16-25-23(28)18(2)26(17-20-10-13-21(24)14-11-20)22(27)15-12-19-8-6-5-7-9-19/h5-11,13-14,18H,3-4,12,15-17H2,1-2H3,(H,25,28). The first kappa shape index (κ1) is 21.6. The fraction of sp³-hybridized carbons (Fsp3) is 0.391. The Kier molecular flexibility index (Phi) is 8.66. The van der Waals surface area contributed by atoms with Gasteiger partial charge in [-0.1, -0.05) is 55.8 Å². The van der Waals surface area contributed by atoms with Gasteiger partial charge in [-0.2, -0.15) is 0 Å². The fourth-order valence-corrected chi connectivity index (χ4v) is 2.94. The highest BCUT2D eigenvalue weighted by atomic mass is 19.1. The van der Waals surface area contributed by atoms with Gasteiger partial charge in [0.15, 0.2) is 0 Å². The predicted molar refractivity (Wildman–Crippen MR) is 109 cm³/mol. The number of benzene rings is 2. The molecule has 4 nitrogen and oxygen atoms in total. The number of unbranched alkanes of at least 4 members (excludes halogenated alkanes) is 1. The summed E-state index contributed by atoms with van der Waals surface area (Å²) < 4.78 is 13.2. The third-order valence-corrected chi connectivity index (χ3v) is 4.73. The highest BCUT2D eigenvalue weighted by molar-refractivity contribution is 5.87. The molecule has 0 fully saturated rings. The number of hydrogen-bond donors (Lipinski definition) is 1. The number of nitrogens with zero attached hydrogens (tertiary/aromatic N) is 1. The Hall–Kier alpha value is -2.69. The Morgan fingerprint density at radius 1 is 1.04 bits per heavy atom. The molecule has 2 amide bonds. The second-order valence-electron chi connectivity index (χ2n) is 6.95. The summed E-state index contributed by atoms with van der Waals surface area (Å²) in [6.07, 6.45) is 2.82. The molecule has 2 aromatic rings. The second kappa shape index (κ2) is 11.2. The van der Waals surface area contributed by atoms with E-state index >= 15 is 0 Å². The Labute approximate surface area is 166 Å². The van der Waals surface area contributed by atoms with Crippen LogP contribution < -0.4 is 5.32 Å². The molecular formula is C23H29FN2O2. The summed E-state index contributed by atoms with van der Waals surface area (Å²) in [4.78, 5) is 27.0. The monoisotopic (exact) mass is 384 g/mol. The molecule has 1 unspecified atom stereocenters. The minimum atomic E-state index is -0.592. The Morgan fingerprint density at radius 2 is 1.71 bits per heavy atom. The Balaban J connectivity index is 2.08. The summed E-state index contributed by atoms with van der Waals surface area (Å²) >= 11 is 0.